The van der Waals surface area contributed by atoms with Crippen molar-refractivity contribution in [1.29, 1.82) is 0 Å². The monoisotopic (exact) mass is 575 g/mol. The lowest BCUT2D eigenvalue weighted by Crippen LogP contribution is -2.30. The van der Waals surface area contributed by atoms with Gasteiger partial charge in [-0.15, -0.1) is 0 Å². The molecule has 4 rings (SSSR count). The lowest BCUT2D eigenvalue weighted by molar-refractivity contribution is -0.139. The van der Waals surface area contributed by atoms with Gasteiger partial charge in [-0.05, 0) is 19.1 Å². The molecule has 17 heteroatoms. The van der Waals surface area contributed by atoms with Gasteiger partial charge in [0.15, 0.2) is 5.82 Å². The van der Waals surface area contributed by atoms with Gasteiger partial charge in [0.2, 0.25) is 0 Å². The molecule has 4 aromatic rings. The molecule has 0 amide bonds. The van der Waals surface area contributed by atoms with Crippen LogP contribution in [0.15, 0.2) is 46.6 Å². The summed E-state index contributed by atoms with van der Waals surface area (Å²) in [5, 5.41) is 7.12. The maximum absolute atomic E-state index is 14.8. The highest BCUT2D eigenvalue weighted by Gasteiger charge is 2.37. The Hall–Kier alpha value is -4.44. The van der Waals surface area contributed by atoms with E-state index >= 15 is 0 Å². The van der Waals surface area contributed by atoms with E-state index in [1.165, 1.54) is 6.92 Å². The van der Waals surface area contributed by atoms with Crippen LogP contribution >= 0.6 is 0 Å². The third kappa shape index (κ3) is 6.07. The van der Waals surface area contributed by atoms with Crippen molar-refractivity contribution >= 4 is 16.6 Å². The Bertz CT molecular complexity index is 1650. The van der Waals surface area contributed by atoms with E-state index in [1.54, 1.807) is 5.10 Å². The van der Waals surface area contributed by atoms with E-state index in [-0.39, 0.29) is 22.3 Å². The number of aromatic nitrogens is 6. The molecule has 0 spiro atoms. The number of benzene rings is 1. The number of aromatic amines is 1. The Morgan fingerprint density at radius 2 is 1.68 bits per heavy atom. The first-order valence-electron chi connectivity index (χ1n) is 11.3. The molecule has 1 aromatic carbocycles. The SMILES string of the molecule is C[C@@H](C[C@H](F)Cn1cnc2cc(-c3ncc(C(F)(F)F)cn3)c(F)cc2c1=O)Nc1cn[nH]c(=O)c1C(F)(F)F. The predicted molar refractivity (Wildman–Crippen MR) is 124 cm³/mol. The van der Waals surface area contributed by atoms with Crippen LogP contribution in [0, 0.1) is 5.82 Å². The summed E-state index contributed by atoms with van der Waals surface area (Å²) in [6.45, 7) is 0.772. The van der Waals surface area contributed by atoms with Crippen molar-refractivity contribution in [2.24, 2.45) is 0 Å². The quantitative estimate of drug-likeness (QED) is 0.315. The Morgan fingerprint density at radius 3 is 2.30 bits per heavy atom. The second-order valence-electron chi connectivity index (χ2n) is 8.71. The van der Waals surface area contributed by atoms with Crippen molar-refractivity contribution < 1.29 is 35.1 Å². The Kier molecular flexibility index (Phi) is 7.58. The lowest BCUT2D eigenvalue weighted by Gasteiger charge is -2.20. The molecule has 2 N–H and O–H groups in total. The predicted octanol–water partition coefficient (Wildman–Crippen LogP) is 4.34. The van der Waals surface area contributed by atoms with E-state index in [2.05, 4.69) is 25.4 Å². The summed E-state index contributed by atoms with van der Waals surface area (Å²) >= 11 is 0. The second-order valence-corrected chi connectivity index (χ2v) is 8.71. The van der Waals surface area contributed by atoms with Crippen molar-refractivity contribution in [3.63, 3.8) is 0 Å². The fraction of sp³-hybridized carbons (Fsp3) is 0.304. The first kappa shape index (κ1) is 28.6. The molecule has 0 aliphatic heterocycles. The number of rotatable bonds is 7. The van der Waals surface area contributed by atoms with Crippen LogP contribution in [0.3, 0.4) is 0 Å². The average molecular weight is 575 g/mol. The van der Waals surface area contributed by atoms with Gasteiger partial charge in [0, 0.05) is 24.9 Å². The summed E-state index contributed by atoms with van der Waals surface area (Å²) in [5.74, 6) is -1.42. The number of anilines is 1. The molecule has 9 nitrogen and oxygen atoms in total. The van der Waals surface area contributed by atoms with Gasteiger partial charge in [0.05, 0.1) is 46.8 Å². The smallest absolute Gasteiger partial charge is 0.381 e. The fourth-order valence-corrected chi connectivity index (χ4v) is 3.88. The van der Waals surface area contributed by atoms with E-state index < -0.39 is 71.3 Å². The molecule has 0 saturated heterocycles. The molecule has 0 aliphatic carbocycles. The van der Waals surface area contributed by atoms with Crippen molar-refractivity contribution in [3.05, 3.63) is 74.7 Å². The highest BCUT2D eigenvalue weighted by molar-refractivity contribution is 5.82. The molecule has 40 heavy (non-hydrogen) atoms. The topological polar surface area (TPSA) is 118 Å². The zero-order valence-corrected chi connectivity index (χ0v) is 20.1. The van der Waals surface area contributed by atoms with Crippen molar-refractivity contribution in [2.75, 3.05) is 5.32 Å². The van der Waals surface area contributed by atoms with Gasteiger partial charge in [-0.2, -0.15) is 31.4 Å². The van der Waals surface area contributed by atoms with Gasteiger partial charge in [-0.3, -0.25) is 14.2 Å². The van der Waals surface area contributed by atoms with E-state index in [0.29, 0.717) is 12.4 Å². The number of fused-ring (bicyclic) bond motifs is 1. The Balaban J connectivity index is 1.51. The van der Waals surface area contributed by atoms with Crippen LogP contribution in [0.2, 0.25) is 0 Å². The van der Waals surface area contributed by atoms with E-state index in [1.807, 2.05) is 0 Å². The number of H-pyrrole nitrogens is 1. The molecule has 0 saturated carbocycles. The molecular weight excluding hydrogens is 558 g/mol. The van der Waals surface area contributed by atoms with Gasteiger partial charge in [-0.25, -0.2) is 28.8 Å². The molecule has 2 atom stereocenters. The summed E-state index contributed by atoms with van der Waals surface area (Å²) < 4.78 is 108. The van der Waals surface area contributed by atoms with Crippen LogP contribution < -0.4 is 16.4 Å². The Morgan fingerprint density at radius 1 is 1.00 bits per heavy atom. The second kappa shape index (κ2) is 10.6. The van der Waals surface area contributed by atoms with Gasteiger partial charge in [0.25, 0.3) is 11.1 Å². The summed E-state index contributed by atoms with van der Waals surface area (Å²) in [5.41, 5.74) is -6.01. The first-order chi connectivity index (χ1) is 18.6. The minimum absolute atomic E-state index is 0.0620. The molecule has 0 aliphatic rings. The zero-order chi connectivity index (χ0) is 29.4. The summed E-state index contributed by atoms with van der Waals surface area (Å²) in [7, 11) is 0. The molecule has 0 bridgehead atoms. The van der Waals surface area contributed by atoms with Gasteiger partial charge < -0.3 is 5.32 Å². The molecule has 0 unspecified atom stereocenters. The number of nitrogens with one attached hydrogen (secondary N) is 2. The average Bonchev–Trinajstić information content (AvgIpc) is 2.84. The molecule has 212 valence electrons. The van der Waals surface area contributed by atoms with E-state index in [4.69, 9.17) is 0 Å². The van der Waals surface area contributed by atoms with Crippen LogP contribution in [-0.2, 0) is 18.9 Å². The number of halogens is 8. The van der Waals surface area contributed by atoms with Gasteiger partial charge in [0.1, 0.15) is 17.6 Å². The van der Waals surface area contributed by atoms with Crippen LogP contribution in [-0.4, -0.2) is 41.9 Å². The lowest BCUT2D eigenvalue weighted by atomic mass is 10.1. The van der Waals surface area contributed by atoms with Crippen molar-refractivity contribution in [1.82, 2.24) is 29.7 Å². The number of nitrogens with zero attached hydrogens (tertiary/aromatic N) is 5. The highest BCUT2D eigenvalue weighted by Crippen LogP contribution is 2.32. The van der Waals surface area contributed by atoms with Gasteiger partial charge >= 0.3 is 12.4 Å². The zero-order valence-electron chi connectivity index (χ0n) is 20.1. The molecule has 0 fully saturated rings. The number of hydrogen-bond donors (Lipinski definition) is 2. The molecule has 0 radical (unpaired) electrons. The third-order valence-corrected chi connectivity index (χ3v) is 5.68. The minimum Gasteiger partial charge on any atom is -0.381 e. The van der Waals surface area contributed by atoms with E-state index in [0.717, 1.165) is 29.2 Å². The Labute approximate surface area is 217 Å². The van der Waals surface area contributed by atoms with Crippen LogP contribution in [0.4, 0.5) is 40.8 Å². The van der Waals surface area contributed by atoms with Crippen molar-refractivity contribution in [3.8, 4) is 11.4 Å². The third-order valence-electron chi connectivity index (χ3n) is 5.68. The van der Waals surface area contributed by atoms with Gasteiger partial charge in [-0.1, -0.05) is 0 Å². The molecule has 3 aromatic heterocycles. The summed E-state index contributed by atoms with van der Waals surface area (Å²) in [6.07, 6.45) is -9.21. The summed E-state index contributed by atoms with van der Waals surface area (Å²) in [4.78, 5) is 35.4. The highest BCUT2D eigenvalue weighted by atomic mass is 19.4. The first-order valence-corrected chi connectivity index (χ1v) is 11.3. The molecular formula is C23H17F8N7O2. The van der Waals surface area contributed by atoms with E-state index in [9.17, 15) is 44.7 Å². The largest absolute Gasteiger partial charge is 0.423 e. The van der Waals surface area contributed by atoms with Crippen LogP contribution in [0.25, 0.3) is 22.3 Å². The van der Waals surface area contributed by atoms with Crippen molar-refractivity contribution in [2.45, 2.75) is 44.5 Å². The fourth-order valence-electron chi connectivity index (χ4n) is 3.88. The maximum Gasteiger partial charge on any atom is 0.423 e. The number of alkyl halides is 7. The maximum atomic E-state index is 14.8. The minimum atomic E-state index is -4.99. The number of hydrogen-bond acceptors (Lipinski definition) is 7. The van der Waals surface area contributed by atoms with Crippen LogP contribution in [0.1, 0.15) is 24.5 Å². The standard InChI is InChI=1S/C23H17F8N7O2/c1-10(36-17-7-35-37-20(39)18(17)23(29,30)31)2-12(24)8-38-9-34-16-4-13(15(25)3-14(16)21(38)40)19-32-5-11(6-33-19)22(26,27)28/h3-7,9-10,12H,2,8H2,1H3,(H2,36,37,39)/t10-,12-/m0/s1. The summed E-state index contributed by atoms with van der Waals surface area (Å²) in [6, 6.07) is 0.895. The molecule has 3 heterocycles. The normalized spacial score (nSPS) is 13.8. The van der Waals surface area contributed by atoms with Crippen LogP contribution in [0.5, 0.6) is 0 Å².